The third kappa shape index (κ3) is 3.46. The summed E-state index contributed by atoms with van der Waals surface area (Å²) in [5, 5.41) is 8.85. The van der Waals surface area contributed by atoms with Gasteiger partial charge in [-0.3, -0.25) is 9.48 Å². The van der Waals surface area contributed by atoms with Gasteiger partial charge in [0.1, 0.15) is 10.5 Å². The van der Waals surface area contributed by atoms with Crippen molar-refractivity contribution in [3.05, 3.63) is 29.1 Å². The number of carbonyl (C=O) groups is 1. The number of hydrogen-bond acceptors (Lipinski definition) is 5. The molecule has 4 rings (SSSR count). The maximum Gasteiger partial charge on any atom is 0.261 e. The largest absolute Gasteiger partial charge is 0.493 e. The summed E-state index contributed by atoms with van der Waals surface area (Å²) in [4.78, 5) is 14.5. The lowest BCUT2D eigenvalue weighted by Crippen LogP contribution is -2.35. The topological polar surface area (TPSA) is 65.4 Å². The van der Waals surface area contributed by atoms with E-state index in [0.29, 0.717) is 17.5 Å². The fourth-order valence-electron chi connectivity index (χ4n) is 3.85. The predicted octanol–water partition coefficient (Wildman–Crippen LogP) is 4.38. The average Bonchev–Trinajstić information content (AvgIpc) is 3.29. The number of carbonyl (C=O) groups excluding carboxylic acids is 1. The summed E-state index contributed by atoms with van der Waals surface area (Å²) in [7, 11) is 5.15. The van der Waals surface area contributed by atoms with Crippen LogP contribution in [0.5, 0.6) is 11.5 Å². The minimum absolute atomic E-state index is 0.0198. The van der Waals surface area contributed by atoms with Crippen LogP contribution in [0.15, 0.2) is 24.3 Å². The SMILES string of the molecule is COc1ccc(-c2nn(C)c3sc(C(=O)NC4CCCCC4)cc23)cc1OC. The van der Waals surface area contributed by atoms with Crippen LogP contribution in [0.4, 0.5) is 0 Å². The first-order valence-corrected chi connectivity index (χ1v) is 10.4. The van der Waals surface area contributed by atoms with Crippen molar-refractivity contribution >= 4 is 27.5 Å². The summed E-state index contributed by atoms with van der Waals surface area (Å²) >= 11 is 1.49. The number of rotatable bonds is 5. The van der Waals surface area contributed by atoms with Crippen molar-refractivity contribution in [2.24, 2.45) is 7.05 Å². The van der Waals surface area contributed by atoms with Gasteiger partial charge in [-0.2, -0.15) is 5.10 Å². The van der Waals surface area contributed by atoms with Gasteiger partial charge in [0.2, 0.25) is 0 Å². The molecule has 148 valence electrons. The highest BCUT2D eigenvalue weighted by molar-refractivity contribution is 7.20. The van der Waals surface area contributed by atoms with Gasteiger partial charge in [-0.25, -0.2) is 0 Å². The number of benzene rings is 1. The normalized spacial score (nSPS) is 15.0. The third-order valence-electron chi connectivity index (χ3n) is 5.33. The molecular weight excluding hydrogens is 374 g/mol. The predicted molar refractivity (Wildman–Crippen MR) is 111 cm³/mol. The Balaban J connectivity index is 1.66. The van der Waals surface area contributed by atoms with E-state index in [2.05, 4.69) is 10.4 Å². The molecule has 7 heteroatoms. The summed E-state index contributed by atoms with van der Waals surface area (Å²) in [6.07, 6.45) is 5.83. The second-order valence-electron chi connectivity index (χ2n) is 7.18. The van der Waals surface area contributed by atoms with Crippen molar-refractivity contribution in [3.63, 3.8) is 0 Å². The van der Waals surface area contributed by atoms with E-state index in [1.54, 1.807) is 14.2 Å². The fourth-order valence-corrected chi connectivity index (χ4v) is 4.83. The summed E-state index contributed by atoms with van der Waals surface area (Å²) in [5.41, 5.74) is 1.77. The first-order valence-electron chi connectivity index (χ1n) is 9.60. The molecule has 2 aromatic heterocycles. The molecule has 3 aromatic rings. The van der Waals surface area contributed by atoms with Crippen LogP contribution in [0.2, 0.25) is 0 Å². The first kappa shape index (κ1) is 18.8. The van der Waals surface area contributed by atoms with Gasteiger partial charge in [-0.15, -0.1) is 11.3 Å². The molecule has 1 saturated carbocycles. The summed E-state index contributed by atoms with van der Waals surface area (Å²) in [5.74, 6) is 1.35. The molecule has 1 fully saturated rings. The zero-order chi connectivity index (χ0) is 19.7. The highest BCUT2D eigenvalue weighted by Gasteiger charge is 2.21. The molecule has 1 amide bonds. The number of aromatic nitrogens is 2. The first-order chi connectivity index (χ1) is 13.6. The second-order valence-corrected chi connectivity index (χ2v) is 8.21. The van der Waals surface area contributed by atoms with Crippen LogP contribution in [0.3, 0.4) is 0 Å². The quantitative estimate of drug-likeness (QED) is 0.691. The number of methoxy groups -OCH3 is 2. The Bertz CT molecular complexity index is 1000. The van der Waals surface area contributed by atoms with Crippen LogP contribution in [0.25, 0.3) is 21.5 Å². The smallest absolute Gasteiger partial charge is 0.261 e. The van der Waals surface area contributed by atoms with Gasteiger partial charge >= 0.3 is 0 Å². The van der Waals surface area contributed by atoms with Crippen molar-refractivity contribution in [2.75, 3.05) is 14.2 Å². The lowest BCUT2D eigenvalue weighted by atomic mass is 9.95. The van der Waals surface area contributed by atoms with Gasteiger partial charge < -0.3 is 14.8 Å². The average molecular weight is 400 g/mol. The Morgan fingerprint density at radius 3 is 2.61 bits per heavy atom. The van der Waals surface area contributed by atoms with Gasteiger partial charge in [0.25, 0.3) is 5.91 Å². The van der Waals surface area contributed by atoms with Crippen LogP contribution < -0.4 is 14.8 Å². The lowest BCUT2D eigenvalue weighted by molar-refractivity contribution is 0.0932. The van der Waals surface area contributed by atoms with E-state index in [9.17, 15) is 4.79 Å². The van der Waals surface area contributed by atoms with Crippen LogP contribution >= 0.6 is 11.3 Å². The molecular formula is C21H25N3O3S. The number of thiophene rings is 1. The van der Waals surface area contributed by atoms with Crippen molar-refractivity contribution in [1.82, 2.24) is 15.1 Å². The molecule has 0 unspecified atom stereocenters. The van der Waals surface area contributed by atoms with Crippen molar-refractivity contribution in [2.45, 2.75) is 38.1 Å². The van der Waals surface area contributed by atoms with Gasteiger partial charge in [0.15, 0.2) is 11.5 Å². The lowest BCUT2D eigenvalue weighted by Gasteiger charge is -2.22. The minimum Gasteiger partial charge on any atom is -0.493 e. The molecule has 0 bridgehead atoms. The van der Waals surface area contributed by atoms with E-state index in [1.807, 2.05) is 36.0 Å². The van der Waals surface area contributed by atoms with Crippen LogP contribution in [0, 0.1) is 0 Å². The van der Waals surface area contributed by atoms with Crippen LogP contribution in [-0.4, -0.2) is 35.9 Å². The number of aryl methyl sites for hydroxylation is 1. The van der Waals surface area contributed by atoms with E-state index in [1.165, 1.54) is 30.6 Å². The van der Waals surface area contributed by atoms with Gasteiger partial charge in [-0.1, -0.05) is 19.3 Å². The Labute approximate surface area is 168 Å². The van der Waals surface area contributed by atoms with Crippen molar-refractivity contribution < 1.29 is 14.3 Å². The van der Waals surface area contributed by atoms with Crippen molar-refractivity contribution in [1.29, 1.82) is 0 Å². The van der Waals surface area contributed by atoms with Crippen LogP contribution in [-0.2, 0) is 7.05 Å². The van der Waals surface area contributed by atoms with Gasteiger partial charge in [0, 0.05) is 24.0 Å². The summed E-state index contributed by atoms with van der Waals surface area (Å²) in [6, 6.07) is 8.01. The van der Waals surface area contributed by atoms with E-state index >= 15 is 0 Å². The van der Waals surface area contributed by atoms with E-state index in [-0.39, 0.29) is 5.91 Å². The minimum atomic E-state index is 0.0198. The molecule has 2 heterocycles. The standard InChI is InChI=1S/C21H25N3O3S/c1-24-21-15(12-18(28-21)20(25)22-14-7-5-4-6-8-14)19(23-24)13-9-10-16(26-2)17(11-13)27-3/h9-12,14H,4-8H2,1-3H3,(H,22,25). The molecule has 0 atom stereocenters. The number of hydrogen-bond donors (Lipinski definition) is 1. The zero-order valence-electron chi connectivity index (χ0n) is 16.4. The molecule has 1 aliphatic rings. The maximum absolute atomic E-state index is 12.8. The molecule has 0 spiro atoms. The molecule has 1 aromatic carbocycles. The molecule has 28 heavy (non-hydrogen) atoms. The molecule has 0 saturated heterocycles. The van der Waals surface area contributed by atoms with Crippen molar-refractivity contribution in [3.8, 4) is 22.8 Å². The monoisotopic (exact) mass is 399 g/mol. The second kappa shape index (κ2) is 7.83. The Morgan fingerprint density at radius 2 is 1.89 bits per heavy atom. The van der Waals surface area contributed by atoms with Crippen LogP contribution in [0.1, 0.15) is 41.8 Å². The van der Waals surface area contributed by atoms with E-state index in [0.717, 1.165) is 39.2 Å². The molecule has 0 radical (unpaired) electrons. The summed E-state index contributed by atoms with van der Waals surface area (Å²) in [6.45, 7) is 0. The molecule has 1 aliphatic carbocycles. The number of ether oxygens (including phenoxy) is 2. The molecule has 1 N–H and O–H groups in total. The number of nitrogens with one attached hydrogen (secondary N) is 1. The highest BCUT2D eigenvalue weighted by atomic mass is 32.1. The highest BCUT2D eigenvalue weighted by Crippen LogP contribution is 2.37. The Kier molecular flexibility index (Phi) is 5.26. The summed E-state index contributed by atoms with van der Waals surface area (Å²) < 4.78 is 12.6. The Hall–Kier alpha value is -2.54. The fraction of sp³-hybridized carbons (Fsp3) is 0.429. The van der Waals surface area contributed by atoms with Gasteiger partial charge in [-0.05, 0) is 37.1 Å². The molecule has 6 nitrogen and oxygen atoms in total. The maximum atomic E-state index is 12.8. The Morgan fingerprint density at radius 1 is 1.14 bits per heavy atom. The number of amides is 1. The number of nitrogens with zero attached hydrogens (tertiary/aromatic N) is 2. The van der Waals surface area contributed by atoms with Gasteiger partial charge in [0.05, 0.1) is 19.1 Å². The third-order valence-corrected chi connectivity index (χ3v) is 6.53. The van der Waals surface area contributed by atoms with E-state index in [4.69, 9.17) is 9.47 Å². The molecule has 0 aliphatic heterocycles. The van der Waals surface area contributed by atoms with E-state index < -0.39 is 0 Å². The number of fused-ring (bicyclic) bond motifs is 1. The zero-order valence-corrected chi connectivity index (χ0v) is 17.3.